The lowest BCUT2D eigenvalue weighted by Gasteiger charge is -2.15. The third kappa shape index (κ3) is 4.07. The summed E-state index contributed by atoms with van der Waals surface area (Å²) in [5.41, 5.74) is 6.39. The molecule has 1 aromatic heterocycles. The van der Waals surface area contributed by atoms with Crippen molar-refractivity contribution in [2.45, 2.75) is 0 Å². The maximum Gasteiger partial charge on any atom is 0.223 e. The van der Waals surface area contributed by atoms with Crippen LogP contribution in [0.4, 0.5) is 23.3 Å². The Hall–Kier alpha value is -2.94. The summed E-state index contributed by atoms with van der Waals surface area (Å²) in [4.78, 5) is 8.17. The number of aliphatic hydroxyl groups excluding tert-OH is 1. The number of anilines is 4. The highest BCUT2D eigenvalue weighted by molar-refractivity contribution is 5.68. The average molecular weight is 335 g/mol. The Balaban J connectivity index is 2.32. The van der Waals surface area contributed by atoms with Crippen LogP contribution in [0.5, 0.6) is 17.2 Å². The maximum absolute atomic E-state index is 8.87. The standard InChI is InChI=1S/C15H21N5O4/c1-22-10-6-9(7-11(23-2)14(10)24-3)18-13-8-12(17-4-5-21)19-15(16)20-13/h6-8,21H,4-5H2,1-3H3,(H4,16,17,18,19,20). The van der Waals surface area contributed by atoms with Gasteiger partial charge in [0.1, 0.15) is 11.6 Å². The summed E-state index contributed by atoms with van der Waals surface area (Å²) in [6.45, 7) is 0.347. The van der Waals surface area contributed by atoms with E-state index >= 15 is 0 Å². The molecule has 0 atom stereocenters. The Morgan fingerprint density at radius 2 is 1.62 bits per heavy atom. The van der Waals surface area contributed by atoms with Crippen molar-refractivity contribution in [2.75, 3.05) is 50.8 Å². The second-order valence-corrected chi connectivity index (χ2v) is 4.69. The Kier molecular flexibility index (Phi) is 5.85. The van der Waals surface area contributed by atoms with Crippen molar-refractivity contribution in [1.82, 2.24) is 9.97 Å². The molecule has 9 heteroatoms. The molecule has 0 amide bonds. The van der Waals surface area contributed by atoms with Gasteiger partial charge in [-0.2, -0.15) is 9.97 Å². The molecule has 0 aliphatic heterocycles. The van der Waals surface area contributed by atoms with Gasteiger partial charge in [-0.1, -0.05) is 0 Å². The number of nitrogens with two attached hydrogens (primary N) is 1. The summed E-state index contributed by atoms with van der Waals surface area (Å²) >= 11 is 0. The van der Waals surface area contributed by atoms with E-state index < -0.39 is 0 Å². The fraction of sp³-hybridized carbons (Fsp3) is 0.333. The Bertz CT molecular complexity index is 671. The highest BCUT2D eigenvalue weighted by Crippen LogP contribution is 2.40. The van der Waals surface area contributed by atoms with Gasteiger partial charge in [0.25, 0.3) is 0 Å². The number of nitrogen functional groups attached to an aromatic ring is 1. The second kappa shape index (κ2) is 8.06. The molecule has 0 spiro atoms. The lowest BCUT2D eigenvalue weighted by atomic mass is 10.2. The molecule has 24 heavy (non-hydrogen) atoms. The van der Waals surface area contributed by atoms with Crippen LogP contribution in [-0.4, -0.2) is 49.6 Å². The van der Waals surface area contributed by atoms with Crippen molar-refractivity contribution in [3.05, 3.63) is 18.2 Å². The molecule has 2 aromatic rings. The molecule has 1 heterocycles. The molecule has 2 rings (SSSR count). The zero-order valence-corrected chi connectivity index (χ0v) is 13.8. The molecule has 0 bridgehead atoms. The molecular formula is C15H21N5O4. The Morgan fingerprint density at radius 3 is 2.17 bits per heavy atom. The zero-order chi connectivity index (χ0) is 17.5. The highest BCUT2D eigenvalue weighted by atomic mass is 16.5. The number of nitrogens with zero attached hydrogens (tertiary/aromatic N) is 2. The molecule has 130 valence electrons. The molecule has 0 saturated heterocycles. The van der Waals surface area contributed by atoms with Crippen molar-refractivity contribution < 1.29 is 19.3 Å². The molecule has 0 unspecified atom stereocenters. The van der Waals surface area contributed by atoms with E-state index in [4.69, 9.17) is 25.1 Å². The smallest absolute Gasteiger partial charge is 0.223 e. The number of hydrogen-bond donors (Lipinski definition) is 4. The normalized spacial score (nSPS) is 10.2. The molecule has 0 saturated carbocycles. The lowest BCUT2D eigenvalue weighted by molar-refractivity contribution is 0.311. The largest absolute Gasteiger partial charge is 0.493 e. The third-order valence-corrected chi connectivity index (χ3v) is 3.10. The quantitative estimate of drug-likeness (QED) is 0.564. The van der Waals surface area contributed by atoms with Gasteiger partial charge in [0.05, 0.1) is 27.9 Å². The van der Waals surface area contributed by atoms with Crippen molar-refractivity contribution in [1.29, 1.82) is 0 Å². The lowest BCUT2D eigenvalue weighted by Crippen LogP contribution is -2.09. The maximum atomic E-state index is 8.87. The van der Waals surface area contributed by atoms with Crippen LogP contribution in [0.15, 0.2) is 18.2 Å². The van der Waals surface area contributed by atoms with Gasteiger partial charge in [0.2, 0.25) is 11.7 Å². The van der Waals surface area contributed by atoms with Crippen LogP contribution in [0.2, 0.25) is 0 Å². The van der Waals surface area contributed by atoms with Crippen LogP contribution in [0, 0.1) is 0 Å². The number of aliphatic hydroxyl groups is 1. The SMILES string of the molecule is COc1cc(Nc2cc(NCCO)nc(N)n2)cc(OC)c1OC. The van der Waals surface area contributed by atoms with Crippen LogP contribution < -0.4 is 30.6 Å². The van der Waals surface area contributed by atoms with Gasteiger partial charge < -0.3 is 35.7 Å². The van der Waals surface area contributed by atoms with Gasteiger partial charge in [-0.25, -0.2) is 0 Å². The van der Waals surface area contributed by atoms with E-state index in [-0.39, 0.29) is 12.6 Å². The van der Waals surface area contributed by atoms with Crippen molar-refractivity contribution in [2.24, 2.45) is 0 Å². The number of ether oxygens (including phenoxy) is 3. The second-order valence-electron chi connectivity index (χ2n) is 4.69. The zero-order valence-electron chi connectivity index (χ0n) is 13.8. The van der Waals surface area contributed by atoms with Gasteiger partial charge in [0.15, 0.2) is 11.5 Å². The number of hydrogen-bond acceptors (Lipinski definition) is 9. The van der Waals surface area contributed by atoms with Crippen molar-refractivity contribution in [3.63, 3.8) is 0 Å². The summed E-state index contributed by atoms with van der Waals surface area (Å²) in [7, 11) is 4.62. The number of rotatable bonds is 8. The van der Waals surface area contributed by atoms with E-state index in [0.717, 1.165) is 0 Å². The topological polar surface area (TPSA) is 124 Å². The minimum Gasteiger partial charge on any atom is -0.493 e. The van der Waals surface area contributed by atoms with E-state index in [1.54, 1.807) is 32.4 Å². The minimum absolute atomic E-state index is 0.0143. The molecule has 0 fully saturated rings. The van der Waals surface area contributed by atoms with E-state index in [1.807, 2.05) is 0 Å². The predicted octanol–water partition coefficient (Wildman–Crippen LogP) is 1.23. The summed E-state index contributed by atoms with van der Waals surface area (Å²) in [5.74, 6) is 2.62. The van der Waals surface area contributed by atoms with Gasteiger partial charge in [-0.3, -0.25) is 0 Å². The van der Waals surface area contributed by atoms with Crippen LogP contribution in [-0.2, 0) is 0 Å². The molecule has 0 aliphatic carbocycles. The number of methoxy groups -OCH3 is 3. The minimum atomic E-state index is -0.0143. The summed E-state index contributed by atoms with van der Waals surface area (Å²) in [6.07, 6.45) is 0. The van der Waals surface area contributed by atoms with Gasteiger partial charge >= 0.3 is 0 Å². The first-order valence-electron chi connectivity index (χ1n) is 7.17. The molecule has 9 nitrogen and oxygen atoms in total. The van der Waals surface area contributed by atoms with Crippen molar-refractivity contribution in [3.8, 4) is 17.2 Å². The first-order valence-corrected chi connectivity index (χ1v) is 7.17. The monoisotopic (exact) mass is 335 g/mol. The fourth-order valence-electron chi connectivity index (χ4n) is 2.11. The van der Waals surface area contributed by atoms with Crippen molar-refractivity contribution >= 4 is 23.3 Å². The van der Waals surface area contributed by atoms with E-state index in [9.17, 15) is 0 Å². The molecule has 0 radical (unpaired) electrons. The van der Waals surface area contributed by atoms with Gasteiger partial charge in [-0.15, -0.1) is 0 Å². The van der Waals surface area contributed by atoms with E-state index in [1.165, 1.54) is 7.11 Å². The molecular weight excluding hydrogens is 314 g/mol. The van der Waals surface area contributed by atoms with E-state index in [2.05, 4.69) is 20.6 Å². The average Bonchev–Trinajstić information content (AvgIpc) is 2.58. The van der Waals surface area contributed by atoms with E-state index in [0.29, 0.717) is 41.1 Å². The number of aromatic nitrogens is 2. The highest BCUT2D eigenvalue weighted by Gasteiger charge is 2.14. The summed E-state index contributed by atoms with van der Waals surface area (Å²) in [6, 6.07) is 5.18. The molecule has 1 aromatic carbocycles. The van der Waals surface area contributed by atoms with Crippen LogP contribution in [0.25, 0.3) is 0 Å². The predicted molar refractivity (Wildman–Crippen MR) is 91.4 cm³/mol. The summed E-state index contributed by atoms with van der Waals surface area (Å²) < 4.78 is 15.9. The van der Waals surface area contributed by atoms with Crippen LogP contribution in [0.1, 0.15) is 0 Å². The third-order valence-electron chi connectivity index (χ3n) is 3.10. The van der Waals surface area contributed by atoms with Crippen LogP contribution in [0.3, 0.4) is 0 Å². The molecule has 0 aliphatic rings. The molecule has 5 N–H and O–H groups in total. The first kappa shape index (κ1) is 17.4. The number of benzene rings is 1. The number of nitrogens with one attached hydrogen (secondary N) is 2. The fourth-order valence-corrected chi connectivity index (χ4v) is 2.11. The first-order chi connectivity index (χ1) is 11.6. The van der Waals surface area contributed by atoms with Gasteiger partial charge in [0, 0.05) is 30.4 Å². The van der Waals surface area contributed by atoms with Crippen LogP contribution >= 0.6 is 0 Å². The Labute approximate surface area is 139 Å². The Morgan fingerprint density at radius 1 is 1.00 bits per heavy atom. The summed E-state index contributed by atoms with van der Waals surface area (Å²) in [5, 5.41) is 14.9. The van der Waals surface area contributed by atoms with Gasteiger partial charge in [-0.05, 0) is 0 Å².